The molecule has 5 nitrogen and oxygen atoms in total. The summed E-state index contributed by atoms with van der Waals surface area (Å²) in [7, 11) is 0. The molecular weight excluding hydrogens is 275 g/mol. The molecule has 112 valence electrons. The molecule has 0 atom stereocenters. The molecule has 0 spiro atoms. The van der Waals surface area contributed by atoms with Crippen molar-refractivity contribution in [1.82, 2.24) is 10.2 Å². The summed E-state index contributed by atoms with van der Waals surface area (Å²) < 4.78 is 18.3. The van der Waals surface area contributed by atoms with Crippen LogP contribution in [0.5, 0.6) is 0 Å². The van der Waals surface area contributed by atoms with Gasteiger partial charge in [-0.1, -0.05) is 12.1 Å². The zero-order valence-corrected chi connectivity index (χ0v) is 11.6. The molecule has 21 heavy (non-hydrogen) atoms. The third-order valence-corrected chi connectivity index (χ3v) is 3.92. The average molecular weight is 292 g/mol. The van der Waals surface area contributed by atoms with Crippen LogP contribution in [0.25, 0.3) is 0 Å². The highest BCUT2D eigenvalue weighted by Crippen LogP contribution is 2.45. The maximum absolute atomic E-state index is 13.3. The number of ether oxygens (including phenoxy) is 1. The van der Waals surface area contributed by atoms with Crippen molar-refractivity contribution in [2.24, 2.45) is 0 Å². The van der Waals surface area contributed by atoms with Crippen molar-refractivity contribution in [2.45, 2.75) is 18.4 Å². The molecule has 0 unspecified atom stereocenters. The van der Waals surface area contributed by atoms with E-state index in [1.165, 1.54) is 17.0 Å². The number of hydrogen-bond donors (Lipinski definition) is 1. The molecule has 1 aliphatic heterocycles. The molecule has 3 rings (SSSR count). The van der Waals surface area contributed by atoms with Gasteiger partial charge in [-0.2, -0.15) is 0 Å². The van der Waals surface area contributed by atoms with E-state index in [1.807, 2.05) is 6.07 Å². The van der Waals surface area contributed by atoms with Gasteiger partial charge in [0.1, 0.15) is 12.4 Å². The molecule has 2 amide bonds. The second kappa shape index (κ2) is 5.44. The second-order valence-electron chi connectivity index (χ2n) is 5.51. The molecule has 2 aliphatic rings. The quantitative estimate of drug-likeness (QED) is 0.892. The number of nitrogens with zero attached hydrogens (tertiary/aromatic N) is 1. The molecule has 1 aromatic rings. The van der Waals surface area contributed by atoms with Gasteiger partial charge in [0.15, 0.2) is 0 Å². The molecule has 1 heterocycles. The van der Waals surface area contributed by atoms with Gasteiger partial charge in [-0.25, -0.2) is 4.39 Å². The Balaban J connectivity index is 1.63. The molecule has 0 aromatic heterocycles. The Morgan fingerprint density at radius 1 is 1.43 bits per heavy atom. The van der Waals surface area contributed by atoms with E-state index in [0.29, 0.717) is 13.2 Å². The van der Waals surface area contributed by atoms with Gasteiger partial charge >= 0.3 is 0 Å². The van der Waals surface area contributed by atoms with Crippen molar-refractivity contribution in [2.75, 3.05) is 26.3 Å². The van der Waals surface area contributed by atoms with Gasteiger partial charge in [0.25, 0.3) is 0 Å². The molecule has 2 fully saturated rings. The zero-order chi connectivity index (χ0) is 14.9. The minimum Gasteiger partial charge on any atom is -0.370 e. The molecule has 1 saturated carbocycles. The van der Waals surface area contributed by atoms with E-state index in [2.05, 4.69) is 5.32 Å². The highest BCUT2D eigenvalue weighted by molar-refractivity contribution is 5.86. The normalized spacial score (nSPS) is 20.2. The highest BCUT2D eigenvalue weighted by Gasteiger charge is 2.46. The van der Waals surface area contributed by atoms with Gasteiger partial charge in [0.05, 0.1) is 18.7 Å². The molecule has 0 bridgehead atoms. The number of morpholine rings is 1. The first-order valence-corrected chi connectivity index (χ1v) is 7.02. The number of hydrogen-bond acceptors (Lipinski definition) is 3. The Hall–Kier alpha value is -1.95. The summed E-state index contributed by atoms with van der Waals surface area (Å²) in [5, 5.41) is 2.94. The SMILES string of the molecule is O=C(CN1CCOCC1=O)NC1(c2cccc(F)c2)CC1. The molecule has 1 saturated heterocycles. The predicted molar refractivity (Wildman–Crippen MR) is 72.9 cm³/mol. The largest absolute Gasteiger partial charge is 0.370 e. The van der Waals surface area contributed by atoms with Crippen LogP contribution in [0, 0.1) is 5.82 Å². The Morgan fingerprint density at radius 3 is 2.90 bits per heavy atom. The lowest BCUT2D eigenvalue weighted by Crippen LogP contribution is -2.48. The van der Waals surface area contributed by atoms with Crippen LogP contribution in [0.15, 0.2) is 24.3 Å². The number of benzene rings is 1. The van der Waals surface area contributed by atoms with Crippen LogP contribution in [0.1, 0.15) is 18.4 Å². The Bertz CT molecular complexity index is 572. The van der Waals surface area contributed by atoms with Crippen LogP contribution in [0.3, 0.4) is 0 Å². The Morgan fingerprint density at radius 2 is 2.24 bits per heavy atom. The first-order chi connectivity index (χ1) is 10.1. The number of carbonyl (C=O) groups is 2. The number of amides is 2. The minimum atomic E-state index is -0.464. The summed E-state index contributed by atoms with van der Waals surface area (Å²) in [5.74, 6) is -0.699. The molecule has 1 aliphatic carbocycles. The lowest BCUT2D eigenvalue weighted by molar-refractivity contribution is -0.146. The van der Waals surface area contributed by atoms with Crippen molar-refractivity contribution in [3.8, 4) is 0 Å². The van der Waals surface area contributed by atoms with E-state index >= 15 is 0 Å². The van der Waals surface area contributed by atoms with E-state index < -0.39 is 5.54 Å². The van der Waals surface area contributed by atoms with E-state index in [0.717, 1.165) is 18.4 Å². The standard InChI is InChI=1S/C15H17FN2O3/c16-12-3-1-2-11(8-12)15(4-5-15)17-13(19)9-18-6-7-21-10-14(18)20/h1-3,8H,4-7,9-10H2,(H,17,19). The molecule has 1 N–H and O–H groups in total. The number of halogens is 1. The third-order valence-electron chi connectivity index (χ3n) is 3.92. The molecule has 1 aromatic carbocycles. The number of rotatable bonds is 4. The van der Waals surface area contributed by atoms with Crippen molar-refractivity contribution >= 4 is 11.8 Å². The van der Waals surface area contributed by atoms with E-state index in [9.17, 15) is 14.0 Å². The van der Waals surface area contributed by atoms with Crippen LogP contribution >= 0.6 is 0 Å². The fraction of sp³-hybridized carbons (Fsp3) is 0.467. The van der Waals surface area contributed by atoms with E-state index in [4.69, 9.17) is 4.74 Å². The van der Waals surface area contributed by atoms with Crippen molar-refractivity contribution < 1.29 is 18.7 Å². The fourth-order valence-electron chi connectivity index (χ4n) is 2.59. The van der Waals surface area contributed by atoms with Crippen molar-refractivity contribution in [1.29, 1.82) is 0 Å². The zero-order valence-electron chi connectivity index (χ0n) is 11.6. The first-order valence-electron chi connectivity index (χ1n) is 7.02. The number of carbonyl (C=O) groups excluding carboxylic acids is 2. The highest BCUT2D eigenvalue weighted by atomic mass is 19.1. The van der Waals surface area contributed by atoms with Crippen LogP contribution in [-0.2, 0) is 19.9 Å². The van der Waals surface area contributed by atoms with Gasteiger partial charge in [-0.15, -0.1) is 0 Å². The molecule has 0 radical (unpaired) electrons. The maximum Gasteiger partial charge on any atom is 0.249 e. The Kier molecular flexibility index (Phi) is 3.63. The van der Waals surface area contributed by atoms with Crippen LogP contribution in [-0.4, -0.2) is 43.0 Å². The third kappa shape index (κ3) is 3.05. The summed E-state index contributed by atoms with van der Waals surface area (Å²) in [6, 6.07) is 6.29. The lowest BCUT2D eigenvalue weighted by atomic mass is 10.0. The predicted octanol–water partition coefficient (Wildman–Crippen LogP) is 0.790. The molecular formula is C15H17FN2O3. The maximum atomic E-state index is 13.3. The topological polar surface area (TPSA) is 58.6 Å². The van der Waals surface area contributed by atoms with Crippen LogP contribution < -0.4 is 5.32 Å². The summed E-state index contributed by atoms with van der Waals surface area (Å²) in [5.41, 5.74) is 0.318. The van der Waals surface area contributed by atoms with Crippen molar-refractivity contribution in [3.05, 3.63) is 35.6 Å². The monoisotopic (exact) mass is 292 g/mol. The summed E-state index contributed by atoms with van der Waals surface area (Å²) in [4.78, 5) is 25.2. The Labute approximate surface area is 122 Å². The lowest BCUT2D eigenvalue weighted by Gasteiger charge is -2.27. The van der Waals surface area contributed by atoms with Gasteiger partial charge in [-0.05, 0) is 30.5 Å². The van der Waals surface area contributed by atoms with E-state index in [1.54, 1.807) is 6.07 Å². The second-order valence-corrected chi connectivity index (χ2v) is 5.51. The summed E-state index contributed by atoms with van der Waals surface area (Å²) >= 11 is 0. The average Bonchev–Trinajstić information content (AvgIpc) is 3.22. The number of nitrogens with one attached hydrogen (secondary N) is 1. The van der Waals surface area contributed by atoms with Crippen LogP contribution in [0.2, 0.25) is 0 Å². The smallest absolute Gasteiger partial charge is 0.249 e. The molecule has 6 heteroatoms. The van der Waals surface area contributed by atoms with Crippen LogP contribution in [0.4, 0.5) is 4.39 Å². The van der Waals surface area contributed by atoms with Crippen molar-refractivity contribution in [3.63, 3.8) is 0 Å². The van der Waals surface area contributed by atoms with Gasteiger partial charge in [-0.3, -0.25) is 9.59 Å². The first kappa shape index (κ1) is 14.0. The van der Waals surface area contributed by atoms with Gasteiger partial charge < -0.3 is 15.0 Å². The minimum absolute atomic E-state index is 0.0270. The summed E-state index contributed by atoms with van der Waals surface area (Å²) in [6.45, 7) is 0.939. The van der Waals surface area contributed by atoms with Gasteiger partial charge in [0.2, 0.25) is 11.8 Å². The summed E-state index contributed by atoms with van der Waals surface area (Å²) in [6.07, 6.45) is 1.58. The van der Waals surface area contributed by atoms with E-state index in [-0.39, 0.29) is 30.8 Å². The van der Waals surface area contributed by atoms with Gasteiger partial charge in [0, 0.05) is 6.54 Å². The fourth-order valence-corrected chi connectivity index (χ4v) is 2.59.